The van der Waals surface area contributed by atoms with Crippen LogP contribution in [0.2, 0.25) is 0 Å². The van der Waals surface area contributed by atoms with Crippen LogP contribution in [-0.4, -0.2) is 24.5 Å². The Morgan fingerprint density at radius 3 is 2.59 bits per heavy atom. The quantitative estimate of drug-likeness (QED) is 0.706. The Labute approximate surface area is 169 Å². The van der Waals surface area contributed by atoms with Crippen LogP contribution in [0.1, 0.15) is 24.3 Å². The number of benzene rings is 2. The van der Waals surface area contributed by atoms with E-state index in [1.54, 1.807) is 6.20 Å². The van der Waals surface area contributed by atoms with E-state index < -0.39 is 6.35 Å². The number of nitrogens with zero attached hydrogens (tertiary/aromatic N) is 2. The summed E-state index contributed by atoms with van der Waals surface area (Å²) in [4.78, 5) is 6.44. The molecule has 3 heterocycles. The van der Waals surface area contributed by atoms with E-state index in [1.807, 2.05) is 59.5 Å². The van der Waals surface area contributed by atoms with Gasteiger partial charge in [-0.2, -0.15) is 0 Å². The summed E-state index contributed by atoms with van der Waals surface area (Å²) >= 11 is 0. The number of nitrogens with two attached hydrogens (primary N) is 1. The molecular formula is C23H23N3O3. The highest BCUT2D eigenvalue weighted by Crippen LogP contribution is 2.41. The molecule has 6 nitrogen and oxygen atoms in total. The Kier molecular flexibility index (Phi) is 4.79. The fourth-order valence-electron chi connectivity index (χ4n) is 3.96. The van der Waals surface area contributed by atoms with Crippen LogP contribution in [0.5, 0.6) is 17.4 Å². The monoisotopic (exact) mass is 389 g/mol. The maximum absolute atomic E-state index is 6.18. The van der Waals surface area contributed by atoms with Gasteiger partial charge in [0.2, 0.25) is 12.2 Å². The molecule has 1 fully saturated rings. The number of hydrogen-bond donors (Lipinski definition) is 1. The molecule has 0 amide bonds. The lowest BCUT2D eigenvalue weighted by atomic mass is 9.92. The van der Waals surface area contributed by atoms with E-state index in [-0.39, 0.29) is 0 Å². The second-order valence-corrected chi connectivity index (χ2v) is 7.23. The summed E-state index contributed by atoms with van der Waals surface area (Å²) in [5, 5.41) is 0. The number of pyridine rings is 1. The molecule has 148 valence electrons. The smallest absolute Gasteiger partial charge is 0.232 e. The molecule has 1 atom stereocenters. The van der Waals surface area contributed by atoms with Gasteiger partial charge in [0.15, 0.2) is 0 Å². The maximum atomic E-state index is 6.18. The molecule has 0 radical (unpaired) electrons. The molecule has 0 spiro atoms. The molecule has 1 aromatic heterocycles. The molecule has 0 saturated carbocycles. The van der Waals surface area contributed by atoms with Gasteiger partial charge in [-0.15, -0.1) is 0 Å². The van der Waals surface area contributed by atoms with Crippen LogP contribution < -0.4 is 20.1 Å². The molecule has 0 bridgehead atoms. The van der Waals surface area contributed by atoms with E-state index in [0.29, 0.717) is 11.8 Å². The molecule has 3 aromatic rings. The molecule has 0 aliphatic carbocycles. The van der Waals surface area contributed by atoms with Crippen LogP contribution in [0.25, 0.3) is 0 Å². The fraction of sp³-hybridized carbons (Fsp3) is 0.261. The summed E-state index contributed by atoms with van der Waals surface area (Å²) in [5.74, 6) is 2.61. The molecule has 1 unspecified atom stereocenters. The Bertz CT molecular complexity index is 987. The third-order valence-electron chi connectivity index (χ3n) is 5.42. The molecule has 2 aromatic carbocycles. The minimum absolute atomic E-state index is 0.419. The summed E-state index contributed by atoms with van der Waals surface area (Å²) in [6.45, 7) is 1.57. The molecular weight excluding hydrogens is 366 g/mol. The summed E-state index contributed by atoms with van der Waals surface area (Å²) < 4.78 is 17.4. The molecule has 1 saturated heterocycles. The number of hydrogen-bond acceptors (Lipinski definition) is 6. The highest BCUT2D eigenvalue weighted by molar-refractivity contribution is 5.72. The summed E-state index contributed by atoms with van der Waals surface area (Å²) in [5.41, 5.74) is 9.22. The van der Waals surface area contributed by atoms with Gasteiger partial charge in [-0.3, -0.25) is 10.6 Å². The average Bonchev–Trinajstić information content (AvgIpc) is 3.11. The van der Waals surface area contributed by atoms with E-state index in [2.05, 4.69) is 11.1 Å². The van der Waals surface area contributed by atoms with Crippen LogP contribution in [0.3, 0.4) is 0 Å². The van der Waals surface area contributed by atoms with E-state index in [1.165, 1.54) is 0 Å². The Morgan fingerprint density at radius 2 is 1.76 bits per heavy atom. The maximum Gasteiger partial charge on any atom is 0.232 e. The van der Waals surface area contributed by atoms with Gasteiger partial charge in [0, 0.05) is 30.7 Å². The van der Waals surface area contributed by atoms with Crippen molar-refractivity contribution in [3.63, 3.8) is 0 Å². The first kappa shape index (κ1) is 18.0. The fourth-order valence-corrected chi connectivity index (χ4v) is 3.96. The summed E-state index contributed by atoms with van der Waals surface area (Å²) in [6.07, 6.45) is 3.21. The van der Waals surface area contributed by atoms with Crippen LogP contribution >= 0.6 is 0 Å². The van der Waals surface area contributed by atoms with Crippen LogP contribution in [0.4, 0.5) is 11.4 Å². The lowest BCUT2D eigenvalue weighted by Gasteiger charge is -2.24. The molecule has 29 heavy (non-hydrogen) atoms. The molecule has 2 aliphatic rings. The highest BCUT2D eigenvalue weighted by atomic mass is 16.5. The third-order valence-corrected chi connectivity index (χ3v) is 5.42. The zero-order valence-corrected chi connectivity index (χ0v) is 16.0. The number of ether oxygens (including phenoxy) is 3. The minimum Gasteiger partial charge on any atom is -0.455 e. The molecule has 5 rings (SSSR count). The Balaban J connectivity index is 1.37. The molecule has 6 heteroatoms. The number of aromatic nitrogens is 1. The van der Waals surface area contributed by atoms with Gasteiger partial charge in [0.1, 0.15) is 11.5 Å². The van der Waals surface area contributed by atoms with Crippen molar-refractivity contribution in [3.8, 4) is 17.4 Å². The van der Waals surface area contributed by atoms with Crippen molar-refractivity contribution in [3.05, 3.63) is 72.4 Å². The van der Waals surface area contributed by atoms with E-state index in [0.717, 1.165) is 54.5 Å². The number of anilines is 2. The number of rotatable bonds is 4. The summed E-state index contributed by atoms with van der Waals surface area (Å²) in [7, 11) is 0. The lowest BCUT2D eigenvalue weighted by molar-refractivity contribution is 0.0848. The molecule has 2 aliphatic heterocycles. The zero-order chi connectivity index (χ0) is 19.6. The largest absolute Gasteiger partial charge is 0.455 e. The minimum atomic E-state index is -0.546. The lowest BCUT2D eigenvalue weighted by Crippen LogP contribution is -2.38. The zero-order valence-electron chi connectivity index (χ0n) is 16.0. The van der Waals surface area contributed by atoms with Crippen molar-refractivity contribution in [1.29, 1.82) is 0 Å². The van der Waals surface area contributed by atoms with Gasteiger partial charge in [-0.25, -0.2) is 4.98 Å². The van der Waals surface area contributed by atoms with Crippen molar-refractivity contribution in [1.82, 2.24) is 4.98 Å². The topological polar surface area (TPSA) is 69.8 Å². The normalized spacial score (nSPS) is 18.9. The van der Waals surface area contributed by atoms with Crippen LogP contribution in [0.15, 0.2) is 66.9 Å². The van der Waals surface area contributed by atoms with Crippen LogP contribution in [-0.2, 0) is 4.74 Å². The van der Waals surface area contributed by atoms with Gasteiger partial charge >= 0.3 is 0 Å². The third kappa shape index (κ3) is 3.52. The standard InChI is InChI=1S/C23H23N3O3/c24-23-26(20-5-1-2-6-21(20)29-23)17-7-9-18(10-8-17)28-22-19(4-3-13-25-22)16-11-14-27-15-12-16/h1-10,13,16,23H,11-12,14-15,24H2. The first-order valence-electron chi connectivity index (χ1n) is 9.91. The second kappa shape index (κ2) is 7.73. The van der Waals surface area contributed by atoms with Gasteiger partial charge in [0.25, 0.3) is 0 Å². The number of fused-ring (bicyclic) bond motifs is 1. The predicted molar refractivity (Wildman–Crippen MR) is 111 cm³/mol. The van der Waals surface area contributed by atoms with Crippen molar-refractivity contribution >= 4 is 11.4 Å². The van der Waals surface area contributed by atoms with Gasteiger partial charge in [-0.1, -0.05) is 18.2 Å². The average molecular weight is 389 g/mol. The summed E-state index contributed by atoms with van der Waals surface area (Å²) in [6, 6.07) is 19.7. The number of para-hydroxylation sites is 2. The van der Waals surface area contributed by atoms with E-state index in [4.69, 9.17) is 19.9 Å². The second-order valence-electron chi connectivity index (χ2n) is 7.23. The van der Waals surface area contributed by atoms with Gasteiger partial charge in [0.05, 0.1) is 5.69 Å². The Morgan fingerprint density at radius 1 is 0.966 bits per heavy atom. The van der Waals surface area contributed by atoms with Crippen LogP contribution in [0, 0.1) is 0 Å². The molecule has 2 N–H and O–H groups in total. The van der Waals surface area contributed by atoms with Gasteiger partial charge < -0.3 is 14.2 Å². The van der Waals surface area contributed by atoms with Crippen molar-refractivity contribution in [2.45, 2.75) is 25.1 Å². The Hall–Kier alpha value is -3.09. The van der Waals surface area contributed by atoms with E-state index >= 15 is 0 Å². The first-order chi connectivity index (χ1) is 14.3. The predicted octanol–water partition coefficient (Wildman–Crippen LogP) is 4.54. The first-order valence-corrected chi connectivity index (χ1v) is 9.91. The van der Waals surface area contributed by atoms with Crippen molar-refractivity contribution in [2.24, 2.45) is 5.73 Å². The van der Waals surface area contributed by atoms with Crippen molar-refractivity contribution in [2.75, 3.05) is 18.1 Å². The SMILES string of the molecule is NC1Oc2ccccc2N1c1ccc(Oc2ncccc2C2CCOCC2)cc1. The highest BCUT2D eigenvalue weighted by Gasteiger charge is 2.29. The van der Waals surface area contributed by atoms with Gasteiger partial charge in [-0.05, 0) is 61.2 Å². The van der Waals surface area contributed by atoms with E-state index in [9.17, 15) is 0 Å². The van der Waals surface area contributed by atoms with Crippen molar-refractivity contribution < 1.29 is 14.2 Å².